The van der Waals surface area contributed by atoms with E-state index in [0.29, 0.717) is 17.9 Å². The highest BCUT2D eigenvalue weighted by molar-refractivity contribution is 5.78. The van der Waals surface area contributed by atoms with E-state index >= 15 is 0 Å². The van der Waals surface area contributed by atoms with Gasteiger partial charge in [0.25, 0.3) is 10.9 Å². The second kappa shape index (κ2) is 6.44. The third-order valence-electron chi connectivity index (χ3n) is 3.66. The Morgan fingerprint density at radius 1 is 1.00 bits per heavy atom. The molecular weight excluding hydrogens is 290 g/mol. The first kappa shape index (κ1) is 15.0. The van der Waals surface area contributed by atoms with E-state index in [0.717, 1.165) is 12.1 Å². The normalized spacial score (nSPS) is 10.7. The molecule has 3 aromatic rings. The second-order valence-corrected chi connectivity index (χ2v) is 5.43. The highest BCUT2D eigenvalue weighted by atomic mass is 16.2. The van der Waals surface area contributed by atoms with Crippen molar-refractivity contribution >= 4 is 17.1 Å². The van der Waals surface area contributed by atoms with Crippen molar-refractivity contribution in [2.45, 2.75) is 13.3 Å². The van der Waals surface area contributed by atoms with Crippen LogP contribution >= 0.6 is 0 Å². The molecule has 0 saturated heterocycles. The summed E-state index contributed by atoms with van der Waals surface area (Å²) in [6.07, 6.45) is 4.03. The topological polar surface area (TPSA) is 71.1 Å². The molecule has 0 radical (unpaired) electrons. The molecule has 0 amide bonds. The van der Waals surface area contributed by atoms with Crippen molar-refractivity contribution in [3.63, 3.8) is 0 Å². The van der Waals surface area contributed by atoms with Gasteiger partial charge in [-0.15, -0.1) is 0 Å². The molecule has 0 spiro atoms. The number of benzene rings is 1. The number of hydrogen-bond acceptors (Lipinski definition) is 5. The largest absolute Gasteiger partial charge is 0.380 e. The molecular formula is C18H17N3O2. The fourth-order valence-electron chi connectivity index (χ4n) is 2.46. The molecule has 0 saturated carbocycles. The van der Waals surface area contributed by atoms with E-state index in [4.69, 9.17) is 0 Å². The molecule has 0 aliphatic carbocycles. The summed E-state index contributed by atoms with van der Waals surface area (Å²) in [4.78, 5) is 27.4. The standard InChI is InChI=1S/C18H17N3O2/c1-12-3-2-4-13(11-12)5-10-20-15-16(18(23)17(15)22)21-14-6-8-19-9-7-14/h2-4,6-9,11,20H,5,10H2,1H3,(H,19,21). The molecule has 0 bridgehead atoms. The van der Waals surface area contributed by atoms with Crippen LogP contribution in [0.25, 0.3) is 0 Å². The summed E-state index contributed by atoms with van der Waals surface area (Å²) in [5.41, 5.74) is 2.86. The van der Waals surface area contributed by atoms with E-state index < -0.39 is 10.9 Å². The average molecular weight is 307 g/mol. The number of aryl methyl sites for hydroxylation is 1. The molecule has 1 heterocycles. The molecule has 0 aliphatic rings. The van der Waals surface area contributed by atoms with Crippen molar-refractivity contribution < 1.29 is 0 Å². The number of hydrogen-bond donors (Lipinski definition) is 2. The molecule has 23 heavy (non-hydrogen) atoms. The van der Waals surface area contributed by atoms with Crippen LogP contribution in [0.4, 0.5) is 17.1 Å². The first-order valence-electron chi connectivity index (χ1n) is 7.45. The lowest BCUT2D eigenvalue weighted by Gasteiger charge is -2.14. The van der Waals surface area contributed by atoms with Crippen molar-refractivity contribution in [2.24, 2.45) is 0 Å². The first-order valence-corrected chi connectivity index (χ1v) is 7.45. The Morgan fingerprint density at radius 2 is 1.74 bits per heavy atom. The summed E-state index contributed by atoms with van der Waals surface area (Å²) in [6, 6.07) is 11.7. The predicted molar refractivity (Wildman–Crippen MR) is 92.2 cm³/mol. The highest BCUT2D eigenvalue weighted by Gasteiger charge is 2.20. The van der Waals surface area contributed by atoms with Gasteiger partial charge in [-0.1, -0.05) is 29.8 Å². The molecule has 116 valence electrons. The number of anilines is 3. The van der Waals surface area contributed by atoms with Crippen molar-refractivity contribution in [2.75, 3.05) is 17.2 Å². The maximum atomic E-state index is 11.7. The first-order chi connectivity index (χ1) is 11.1. The fourth-order valence-corrected chi connectivity index (χ4v) is 2.46. The molecule has 0 aliphatic heterocycles. The van der Waals surface area contributed by atoms with Crippen LogP contribution in [0.3, 0.4) is 0 Å². The Balaban J connectivity index is 1.66. The predicted octanol–water partition coefficient (Wildman–Crippen LogP) is 2.38. The van der Waals surface area contributed by atoms with Gasteiger partial charge in [0.05, 0.1) is 0 Å². The Hall–Kier alpha value is -2.95. The molecule has 3 rings (SSSR count). The van der Waals surface area contributed by atoms with E-state index in [9.17, 15) is 9.59 Å². The summed E-state index contributed by atoms with van der Waals surface area (Å²) < 4.78 is 0. The Labute approximate surface area is 133 Å². The summed E-state index contributed by atoms with van der Waals surface area (Å²) in [5, 5.41) is 6.04. The lowest BCUT2D eigenvalue weighted by Crippen LogP contribution is -2.37. The Bertz CT molecular complexity index is 881. The number of pyridine rings is 1. The molecule has 2 aromatic carbocycles. The fraction of sp³-hybridized carbons (Fsp3) is 0.167. The van der Waals surface area contributed by atoms with Gasteiger partial charge in [-0.2, -0.15) is 0 Å². The highest BCUT2D eigenvalue weighted by Crippen LogP contribution is 2.19. The molecule has 0 unspecified atom stereocenters. The number of aromatic nitrogens is 1. The molecule has 5 nitrogen and oxygen atoms in total. The summed E-state index contributed by atoms with van der Waals surface area (Å²) in [6.45, 7) is 2.64. The van der Waals surface area contributed by atoms with Crippen LogP contribution in [0.1, 0.15) is 11.1 Å². The van der Waals surface area contributed by atoms with Gasteiger partial charge in [-0.3, -0.25) is 14.6 Å². The average Bonchev–Trinajstić information content (AvgIpc) is 2.58. The van der Waals surface area contributed by atoms with Gasteiger partial charge in [0.15, 0.2) is 0 Å². The lowest BCUT2D eigenvalue weighted by atomic mass is 10.1. The van der Waals surface area contributed by atoms with Crippen LogP contribution in [0, 0.1) is 6.92 Å². The molecule has 0 atom stereocenters. The van der Waals surface area contributed by atoms with Gasteiger partial charge in [-0.05, 0) is 31.0 Å². The van der Waals surface area contributed by atoms with Gasteiger partial charge in [-0.25, -0.2) is 0 Å². The summed E-state index contributed by atoms with van der Waals surface area (Å²) >= 11 is 0. The van der Waals surface area contributed by atoms with E-state index in [2.05, 4.69) is 21.7 Å². The second-order valence-electron chi connectivity index (χ2n) is 5.43. The van der Waals surface area contributed by atoms with Crippen molar-refractivity contribution in [3.8, 4) is 0 Å². The zero-order valence-corrected chi connectivity index (χ0v) is 12.8. The third-order valence-corrected chi connectivity index (χ3v) is 3.66. The number of nitrogens with zero attached hydrogens (tertiary/aromatic N) is 1. The van der Waals surface area contributed by atoms with Gasteiger partial charge in [0, 0.05) is 24.6 Å². The molecule has 2 N–H and O–H groups in total. The van der Waals surface area contributed by atoms with E-state index in [1.807, 2.05) is 25.1 Å². The molecule has 0 fully saturated rings. The van der Waals surface area contributed by atoms with Crippen molar-refractivity contribution in [3.05, 3.63) is 80.4 Å². The van der Waals surface area contributed by atoms with Crippen LogP contribution in [-0.2, 0) is 6.42 Å². The molecule has 5 heteroatoms. The quantitative estimate of drug-likeness (QED) is 0.684. The van der Waals surface area contributed by atoms with E-state index in [1.54, 1.807) is 24.5 Å². The van der Waals surface area contributed by atoms with Gasteiger partial charge < -0.3 is 10.6 Å². The van der Waals surface area contributed by atoms with Crippen LogP contribution < -0.4 is 21.5 Å². The minimum Gasteiger partial charge on any atom is -0.380 e. The Kier molecular flexibility index (Phi) is 4.19. The lowest BCUT2D eigenvalue weighted by molar-refractivity contribution is 1.01. The zero-order chi connectivity index (χ0) is 16.2. The van der Waals surface area contributed by atoms with Crippen molar-refractivity contribution in [1.29, 1.82) is 0 Å². The SMILES string of the molecule is Cc1cccc(CCNc2c(Nc3ccncc3)c(=O)c2=O)c1. The maximum absolute atomic E-state index is 11.7. The Morgan fingerprint density at radius 3 is 2.48 bits per heavy atom. The zero-order valence-electron chi connectivity index (χ0n) is 12.8. The van der Waals surface area contributed by atoms with Gasteiger partial charge in [0.1, 0.15) is 11.4 Å². The van der Waals surface area contributed by atoms with E-state index in [-0.39, 0.29) is 0 Å². The summed E-state index contributed by atoms with van der Waals surface area (Å²) in [5.74, 6) is 0. The summed E-state index contributed by atoms with van der Waals surface area (Å²) in [7, 11) is 0. The van der Waals surface area contributed by atoms with E-state index in [1.165, 1.54) is 11.1 Å². The van der Waals surface area contributed by atoms with Crippen molar-refractivity contribution in [1.82, 2.24) is 4.98 Å². The minimum atomic E-state index is -0.486. The minimum absolute atomic E-state index is 0.324. The number of rotatable bonds is 6. The number of nitrogens with one attached hydrogen (secondary N) is 2. The van der Waals surface area contributed by atoms with Crippen LogP contribution in [0.2, 0.25) is 0 Å². The van der Waals surface area contributed by atoms with Crippen LogP contribution in [0.5, 0.6) is 0 Å². The van der Waals surface area contributed by atoms with Crippen LogP contribution in [-0.4, -0.2) is 11.5 Å². The smallest absolute Gasteiger partial charge is 0.253 e. The maximum Gasteiger partial charge on any atom is 0.253 e. The monoisotopic (exact) mass is 307 g/mol. The van der Waals surface area contributed by atoms with Gasteiger partial charge in [0.2, 0.25) is 0 Å². The van der Waals surface area contributed by atoms with Gasteiger partial charge >= 0.3 is 0 Å². The third kappa shape index (κ3) is 3.29. The van der Waals surface area contributed by atoms with Crippen LogP contribution in [0.15, 0.2) is 58.4 Å². The molecule has 1 aromatic heterocycles.